The molecule has 1 fully saturated rings. The summed E-state index contributed by atoms with van der Waals surface area (Å²) in [6, 6.07) is 13.4. The predicted octanol–water partition coefficient (Wildman–Crippen LogP) is 6.73. The molecule has 4 rings (SSSR count). The van der Waals surface area contributed by atoms with Gasteiger partial charge in [-0.2, -0.15) is 0 Å². The first kappa shape index (κ1) is 32.6. The lowest BCUT2D eigenvalue weighted by molar-refractivity contribution is -0.131. The van der Waals surface area contributed by atoms with Crippen LogP contribution in [-0.2, 0) is 27.3 Å². The second kappa shape index (κ2) is 13.6. The van der Waals surface area contributed by atoms with E-state index in [0.29, 0.717) is 39.9 Å². The Morgan fingerprint density at radius 1 is 1.12 bits per heavy atom. The molecule has 0 unspecified atom stereocenters. The molecule has 1 saturated heterocycles. The Kier molecular flexibility index (Phi) is 10.3. The Bertz CT molecular complexity index is 1500. The van der Waals surface area contributed by atoms with Gasteiger partial charge in [-0.05, 0) is 94.3 Å². The number of nitrogens with zero attached hydrogens (tertiary/aromatic N) is 1. The summed E-state index contributed by atoms with van der Waals surface area (Å²) in [5, 5.41) is 16.2. The van der Waals surface area contributed by atoms with Gasteiger partial charge in [-0.25, -0.2) is 4.79 Å². The SMILES string of the molecule is Cc1cc(Cl)cc(CNC(=O)[C@H](C)NC(=O)[C@H]2C[C@H](Cc3ccccc3-c3ccc(Cl)s3)CN2C(=O)OC(C)(C)C)c1O. The molecule has 11 heteroatoms. The van der Waals surface area contributed by atoms with Gasteiger partial charge in [-0.1, -0.05) is 47.5 Å². The number of aryl methyl sites for hydroxylation is 1. The monoisotopic (exact) mass is 645 g/mol. The van der Waals surface area contributed by atoms with E-state index in [-0.39, 0.29) is 18.2 Å². The minimum atomic E-state index is -0.890. The lowest BCUT2D eigenvalue weighted by Gasteiger charge is -2.28. The fourth-order valence-electron chi connectivity index (χ4n) is 5.20. The number of ether oxygens (including phenoxy) is 1. The molecule has 0 saturated carbocycles. The van der Waals surface area contributed by atoms with Crippen LogP contribution in [0.15, 0.2) is 48.5 Å². The van der Waals surface area contributed by atoms with E-state index in [9.17, 15) is 19.5 Å². The molecule has 43 heavy (non-hydrogen) atoms. The summed E-state index contributed by atoms with van der Waals surface area (Å²) in [5.41, 5.74) is 2.50. The van der Waals surface area contributed by atoms with E-state index >= 15 is 0 Å². The Morgan fingerprint density at radius 2 is 1.84 bits per heavy atom. The molecular formula is C32H37Cl2N3O5S. The van der Waals surface area contributed by atoms with Crippen molar-refractivity contribution >= 4 is 52.4 Å². The minimum Gasteiger partial charge on any atom is -0.507 e. The molecule has 1 aliphatic rings. The van der Waals surface area contributed by atoms with Crippen LogP contribution in [-0.4, -0.2) is 52.1 Å². The molecule has 0 aliphatic carbocycles. The largest absolute Gasteiger partial charge is 0.507 e. The number of benzene rings is 2. The van der Waals surface area contributed by atoms with Crippen LogP contribution in [0.25, 0.3) is 10.4 Å². The summed E-state index contributed by atoms with van der Waals surface area (Å²) in [6.45, 7) is 9.00. The summed E-state index contributed by atoms with van der Waals surface area (Å²) in [4.78, 5) is 42.2. The average Bonchev–Trinajstić information content (AvgIpc) is 3.55. The number of rotatable bonds is 8. The third-order valence-electron chi connectivity index (χ3n) is 7.23. The second-order valence-corrected chi connectivity index (χ2v) is 14.0. The van der Waals surface area contributed by atoms with Crippen molar-refractivity contribution in [3.05, 3.63) is 74.6 Å². The molecule has 2 heterocycles. The number of hydrogen-bond donors (Lipinski definition) is 3. The van der Waals surface area contributed by atoms with Gasteiger partial charge in [0.1, 0.15) is 23.4 Å². The molecule has 3 N–H and O–H groups in total. The van der Waals surface area contributed by atoms with Crippen molar-refractivity contribution in [3.63, 3.8) is 0 Å². The Morgan fingerprint density at radius 3 is 2.51 bits per heavy atom. The van der Waals surface area contributed by atoms with Crippen LogP contribution in [0.5, 0.6) is 5.75 Å². The van der Waals surface area contributed by atoms with Crippen LogP contribution in [0.4, 0.5) is 4.79 Å². The second-order valence-electron chi connectivity index (χ2n) is 11.9. The Labute approximate surface area is 266 Å². The lowest BCUT2D eigenvalue weighted by atomic mass is 9.93. The number of carbonyl (C=O) groups is 3. The molecule has 1 aliphatic heterocycles. The zero-order valence-electron chi connectivity index (χ0n) is 24.9. The van der Waals surface area contributed by atoms with Crippen molar-refractivity contribution in [2.45, 2.75) is 71.7 Å². The first-order valence-corrected chi connectivity index (χ1v) is 15.7. The highest BCUT2D eigenvalue weighted by molar-refractivity contribution is 7.19. The number of thiophene rings is 1. The van der Waals surface area contributed by atoms with Gasteiger partial charge in [-0.15, -0.1) is 11.3 Å². The van der Waals surface area contributed by atoms with E-state index in [1.165, 1.54) is 16.2 Å². The van der Waals surface area contributed by atoms with Crippen molar-refractivity contribution in [1.29, 1.82) is 0 Å². The van der Waals surface area contributed by atoms with E-state index < -0.39 is 35.6 Å². The van der Waals surface area contributed by atoms with Gasteiger partial charge < -0.3 is 20.5 Å². The summed E-state index contributed by atoms with van der Waals surface area (Å²) < 4.78 is 6.35. The van der Waals surface area contributed by atoms with Crippen molar-refractivity contribution < 1.29 is 24.2 Å². The van der Waals surface area contributed by atoms with Crippen molar-refractivity contribution in [3.8, 4) is 16.2 Å². The number of likely N-dealkylation sites (tertiary alicyclic amines) is 1. The maximum Gasteiger partial charge on any atom is 0.410 e. The van der Waals surface area contributed by atoms with E-state index in [4.69, 9.17) is 27.9 Å². The van der Waals surface area contributed by atoms with E-state index in [2.05, 4.69) is 16.7 Å². The molecule has 0 bridgehead atoms. The normalized spacial score (nSPS) is 17.4. The Hall–Kier alpha value is -3.27. The van der Waals surface area contributed by atoms with Crippen LogP contribution < -0.4 is 10.6 Å². The quantitative estimate of drug-likeness (QED) is 0.252. The van der Waals surface area contributed by atoms with Gasteiger partial charge in [0.05, 0.1) is 4.34 Å². The molecule has 3 aromatic rings. The van der Waals surface area contributed by atoms with Crippen LogP contribution in [0, 0.1) is 12.8 Å². The van der Waals surface area contributed by atoms with Crippen molar-refractivity contribution in [1.82, 2.24) is 15.5 Å². The van der Waals surface area contributed by atoms with Crippen LogP contribution >= 0.6 is 34.5 Å². The maximum atomic E-state index is 13.5. The van der Waals surface area contributed by atoms with E-state index in [0.717, 1.165) is 16.0 Å². The third kappa shape index (κ3) is 8.43. The van der Waals surface area contributed by atoms with Gasteiger partial charge in [0.2, 0.25) is 11.8 Å². The van der Waals surface area contributed by atoms with Gasteiger partial charge in [-0.3, -0.25) is 14.5 Å². The fourth-order valence-corrected chi connectivity index (χ4v) is 6.60. The number of phenols is 1. The lowest BCUT2D eigenvalue weighted by Crippen LogP contribution is -2.52. The zero-order chi connectivity index (χ0) is 31.5. The molecular weight excluding hydrogens is 609 g/mol. The standard InChI is InChI=1S/C32H37Cl2N3O5S/c1-18-12-23(33)15-22(28(18)38)16-35-29(39)19(2)36-30(40)25-14-20(17-37(25)31(41)42-32(3,4)5)13-21-8-6-7-9-24(21)26-10-11-27(34)43-26/h6-12,15,19-20,25,38H,13-14,16-17H2,1-5H3,(H,35,39)(H,36,40)/t19-,20-,25+/m0/s1. The number of aromatic hydroxyl groups is 1. The summed E-state index contributed by atoms with van der Waals surface area (Å²) in [7, 11) is 0. The highest BCUT2D eigenvalue weighted by Crippen LogP contribution is 2.36. The van der Waals surface area contributed by atoms with Gasteiger partial charge >= 0.3 is 6.09 Å². The molecule has 0 spiro atoms. The number of nitrogens with one attached hydrogen (secondary N) is 2. The Balaban J connectivity index is 1.46. The number of carbonyl (C=O) groups excluding carboxylic acids is 3. The molecule has 230 valence electrons. The minimum absolute atomic E-state index is 0.0157. The van der Waals surface area contributed by atoms with Crippen LogP contribution in [0.2, 0.25) is 9.36 Å². The first-order valence-electron chi connectivity index (χ1n) is 14.1. The highest BCUT2D eigenvalue weighted by Gasteiger charge is 2.42. The molecule has 2 aromatic carbocycles. The summed E-state index contributed by atoms with van der Waals surface area (Å²) in [6.07, 6.45) is 0.486. The third-order valence-corrected chi connectivity index (χ3v) is 8.71. The number of hydrogen-bond acceptors (Lipinski definition) is 6. The van der Waals surface area contributed by atoms with E-state index in [1.807, 2.05) is 30.3 Å². The molecule has 3 amide bonds. The average molecular weight is 647 g/mol. The van der Waals surface area contributed by atoms with Crippen molar-refractivity contribution in [2.75, 3.05) is 6.54 Å². The van der Waals surface area contributed by atoms with Gasteiger partial charge in [0.15, 0.2) is 0 Å². The van der Waals surface area contributed by atoms with E-state index in [1.54, 1.807) is 46.8 Å². The number of phenolic OH excluding ortho intramolecular Hbond substituents is 1. The topological polar surface area (TPSA) is 108 Å². The number of halogens is 2. The highest BCUT2D eigenvalue weighted by atomic mass is 35.5. The number of amides is 3. The molecule has 0 radical (unpaired) electrons. The smallest absolute Gasteiger partial charge is 0.410 e. The van der Waals surface area contributed by atoms with Crippen LogP contribution in [0.3, 0.4) is 0 Å². The van der Waals surface area contributed by atoms with Crippen LogP contribution in [0.1, 0.15) is 50.8 Å². The molecule has 8 nitrogen and oxygen atoms in total. The molecule has 1 aromatic heterocycles. The zero-order valence-corrected chi connectivity index (χ0v) is 27.2. The predicted molar refractivity (Wildman–Crippen MR) is 171 cm³/mol. The molecule has 3 atom stereocenters. The maximum absolute atomic E-state index is 13.5. The summed E-state index contributed by atoms with van der Waals surface area (Å²) in [5.74, 6) is -0.837. The van der Waals surface area contributed by atoms with Gasteiger partial charge in [0, 0.05) is 28.6 Å². The summed E-state index contributed by atoms with van der Waals surface area (Å²) >= 11 is 13.8. The first-order chi connectivity index (χ1) is 20.2. The fraction of sp³-hybridized carbons (Fsp3) is 0.406. The van der Waals surface area contributed by atoms with Crippen molar-refractivity contribution in [2.24, 2.45) is 5.92 Å². The van der Waals surface area contributed by atoms with Gasteiger partial charge in [0.25, 0.3) is 0 Å².